The van der Waals surface area contributed by atoms with Crippen molar-refractivity contribution in [1.82, 2.24) is 19.8 Å². The molecule has 2 N–H and O–H groups in total. The second-order valence-corrected chi connectivity index (χ2v) is 9.01. The van der Waals surface area contributed by atoms with Crippen molar-refractivity contribution in [3.63, 3.8) is 0 Å². The Balaban J connectivity index is 1.43. The van der Waals surface area contributed by atoms with Crippen molar-refractivity contribution >= 4 is 28.6 Å². The number of pyridine rings is 2. The zero-order chi connectivity index (χ0) is 24.9. The first kappa shape index (κ1) is 24.7. The van der Waals surface area contributed by atoms with Gasteiger partial charge in [-0.15, -0.1) is 0 Å². The molecule has 0 fully saturated rings. The summed E-state index contributed by atoms with van der Waals surface area (Å²) in [5.74, 6) is 0.344. The Labute approximate surface area is 207 Å². The molecule has 1 amide bonds. The number of nitrogens with one attached hydrogen (secondary N) is 1. The molecule has 0 aliphatic heterocycles. The van der Waals surface area contributed by atoms with E-state index in [1.165, 1.54) is 0 Å². The zero-order valence-electron chi connectivity index (χ0n) is 19.6. The van der Waals surface area contributed by atoms with Gasteiger partial charge in [0.25, 0.3) is 0 Å². The number of furan rings is 1. The maximum absolute atomic E-state index is 13.1. The monoisotopic (exact) mass is 494 g/mol. The number of carbonyl (C=O) groups is 1. The fourth-order valence-corrected chi connectivity index (χ4v) is 4.04. The van der Waals surface area contributed by atoms with Gasteiger partial charge in [-0.25, -0.2) is 0 Å². The van der Waals surface area contributed by atoms with Crippen LogP contribution >= 0.6 is 11.6 Å². The van der Waals surface area contributed by atoms with Crippen molar-refractivity contribution in [2.75, 3.05) is 13.6 Å². The molecule has 4 rings (SSSR count). The minimum atomic E-state index is -0.741. The molecule has 35 heavy (non-hydrogen) atoms. The van der Waals surface area contributed by atoms with Gasteiger partial charge in [-0.1, -0.05) is 29.8 Å². The highest BCUT2D eigenvalue weighted by molar-refractivity contribution is 6.30. The van der Waals surface area contributed by atoms with Gasteiger partial charge in [-0.05, 0) is 42.9 Å². The van der Waals surface area contributed by atoms with Gasteiger partial charge in [-0.2, -0.15) is 0 Å². The predicted octanol–water partition coefficient (Wildman–Crippen LogP) is 3.20. The minimum Gasteiger partial charge on any atom is -0.443 e. The summed E-state index contributed by atoms with van der Waals surface area (Å²) in [5.41, 5.74) is 2.11. The number of halogens is 1. The number of aliphatic hydroxyl groups is 1. The van der Waals surface area contributed by atoms with Crippen LogP contribution in [0.2, 0.25) is 5.02 Å². The average molecular weight is 495 g/mol. The lowest BCUT2D eigenvalue weighted by atomic mass is 10.1. The number of benzene rings is 1. The van der Waals surface area contributed by atoms with Crippen LogP contribution in [0.15, 0.2) is 70.1 Å². The van der Waals surface area contributed by atoms with E-state index in [9.17, 15) is 14.7 Å². The highest BCUT2D eigenvalue weighted by Gasteiger charge is 2.18. The molecule has 0 saturated heterocycles. The highest BCUT2D eigenvalue weighted by Crippen LogP contribution is 2.19. The van der Waals surface area contributed by atoms with Gasteiger partial charge in [0, 0.05) is 43.1 Å². The number of aryl methyl sites for hydroxylation is 1. The number of amides is 1. The third kappa shape index (κ3) is 6.16. The van der Waals surface area contributed by atoms with Crippen LogP contribution in [0.25, 0.3) is 11.1 Å². The standard InChI is InChI=1S/C26H27ClN4O4/c1-30(16-23(32)22-5-3-4-10-28-22)15-20-12-21-25(34)18(14-31(2)26(21)35-20)11-24(33)29-13-17-6-8-19(27)9-7-17/h3-10,12,14,23,32H,11,13,15-16H2,1-2H3,(H,29,33)/t23-/m1/s1. The lowest BCUT2D eigenvalue weighted by Crippen LogP contribution is -2.27. The van der Waals surface area contributed by atoms with Gasteiger partial charge in [0.2, 0.25) is 11.6 Å². The number of aliphatic hydroxyl groups excluding tert-OH is 1. The predicted molar refractivity (Wildman–Crippen MR) is 134 cm³/mol. The summed E-state index contributed by atoms with van der Waals surface area (Å²) in [4.78, 5) is 31.6. The van der Waals surface area contributed by atoms with Gasteiger partial charge in [0.05, 0.1) is 24.0 Å². The van der Waals surface area contributed by atoms with Gasteiger partial charge in [-0.3, -0.25) is 19.5 Å². The second kappa shape index (κ2) is 10.9. The Hall–Kier alpha value is -3.46. The summed E-state index contributed by atoms with van der Waals surface area (Å²) >= 11 is 5.89. The van der Waals surface area contributed by atoms with Gasteiger partial charge < -0.3 is 19.4 Å². The topological polar surface area (TPSA) is 101 Å². The van der Waals surface area contributed by atoms with E-state index in [0.717, 1.165) is 5.56 Å². The molecule has 0 aliphatic carbocycles. The molecule has 0 bridgehead atoms. The molecule has 0 unspecified atom stereocenters. The van der Waals surface area contributed by atoms with Gasteiger partial charge >= 0.3 is 0 Å². The third-order valence-corrected chi connectivity index (χ3v) is 5.92. The average Bonchev–Trinajstić information content (AvgIpc) is 3.27. The van der Waals surface area contributed by atoms with Crippen LogP contribution in [-0.4, -0.2) is 39.1 Å². The first-order valence-corrected chi connectivity index (χ1v) is 11.6. The van der Waals surface area contributed by atoms with Crippen molar-refractivity contribution in [2.45, 2.75) is 25.6 Å². The molecule has 3 heterocycles. The smallest absolute Gasteiger partial charge is 0.224 e. The van der Waals surface area contributed by atoms with Crippen LogP contribution in [0.4, 0.5) is 0 Å². The molecule has 182 valence electrons. The maximum atomic E-state index is 13.1. The maximum Gasteiger partial charge on any atom is 0.224 e. The van der Waals surface area contributed by atoms with E-state index < -0.39 is 6.10 Å². The summed E-state index contributed by atoms with van der Waals surface area (Å²) in [5, 5.41) is 14.3. The normalized spacial score (nSPS) is 12.3. The van der Waals surface area contributed by atoms with Crippen LogP contribution in [-0.2, 0) is 31.4 Å². The van der Waals surface area contributed by atoms with E-state index in [-0.39, 0.29) is 17.8 Å². The van der Waals surface area contributed by atoms with Crippen LogP contribution < -0.4 is 10.7 Å². The highest BCUT2D eigenvalue weighted by atomic mass is 35.5. The second-order valence-electron chi connectivity index (χ2n) is 8.57. The molecule has 9 heteroatoms. The molecular formula is C26H27ClN4O4. The summed E-state index contributed by atoms with van der Waals surface area (Å²) in [6, 6.07) is 14.3. The van der Waals surface area contributed by atoms with E-state index in [1.807, 2.05) is 30.1 Å². The minimum absolute atomic E-state index is 0.0348. The molecule has 0 aliphatic rings. The van der Waals surface area contributed by atoms with Crippen molar-refractivity contribution in [3.8, 4) is 0 Å². The Bertz CT molecular complexity index is 1370. The number of rotatable bonds is 9. The molecule has 0 radical (unpaired) electrons. The fraction of sp³-hybridized carbons (Fsp3) is 0.269. The Morgan fingerprint density at radius 3 is 2.74 bits per heavy atom. The number of nitrogens with zero attached hydrogens (tertiary/aromatic N) is 3. The molecule has 8 nitrogen and oxygen atoms in total. The molecule has 0 saturated carbocycles. The van der Waals surface area contributed by atoms with Crippen LogP contribution in [0.5, 0.6) is 0 Å². The summed E-state index contributed by atoms with van der Waals surface area (Å²) in [6.07, 6.45) is 2.50. The molecule has 0 spiro atoms. The summed E-state index contributed by atoms with van der Waals surface area (Å²) in [7, 11) is 3.63. The van der Waals surface area contributed by atoms with Crippen LogP contribution in [0.3, 0.4) is 0 Å². The number of fused-ring (bicyclic) bond motifs is 1. The van der Waals surface area contributed by atoms with Gasteiger partial charge in [0.15, 0.2) is 5.43 Å². The van der Waals surface area contributed by atoms with Crippen molar-refractivity contribution < 1.29 is 14.3 Å². The molecule has 1 aromatic carbocycles. The number of carbonyl (C=O) groups excluding carboxylic acids is 1. The fourth-order valence-electron chi connectivity index (χ4n) is 3.91. The Morgan fingerprint density at radius 2 is 2.03 bits per heavy atom. The first-order valence-electron chi connectivity index (χ1n) is 11.2. The number of aromatic nitrogens is 2. The SMILES string of the molecule is CN(Cc1cc2c(=O)c(CC(=O)NCc3ccc(Cl)cc3)cn(C)c2o1)C[C@@H](O)c1ccccn1. The largest absolute Gasteiger partial charge is 0.443 e. The quantitative estimate of drug-likeness (QED) is 0.370. The number of hydrogen-bond donors (Lipinski definition) is 2. The van der Waals surface area contributed by atoms with Crippen molar-refractivity contribution in [2.24, 2.45) is 7.05 Å². The van der Waals surface area contributed by atoms with E-state index in [2.05, 4.69) is 10.3 Å². The molecule has 1 atom stereocenters. The number of likely N-dealkylation sites (N-methyl/N-ethyl adjacent to an activating group) is 1. The van der Waals surface area contributed by atoms with E-state index >= 15 is 0 Å². The molecule has 3 aromatic heterocycles. The first-order chi connectivity index (χ1) is 16.8. The van der Waals surface area contributed by atoms with Crippen molar-refractivity contribution in [1.29, 1.82) is 0 Å². The molecular weight excluding hydrogens is 468 g/mol. The lowest BCUT2D eigenvalue weighted by molar-refractivity contribution is -0.120. The zero-order valence-corrected chi connectivity index (χ0v) is 20.3. The number of hydrogen-bond acceptors (Lipinski definition) is 6. The van der Waals surface area contributed by atoms with Gasteiger partial charge in [0.1, 0.15) is 11.9 Å². The Kier molecular flexibility index (Phi) is 7.65. The summed E-state index contributed by atoms with van der Waals surface area (Å²) in [6.45, 7) is 1.10. The van der Waals surface area contributed by atoms with Crippen LogP contribution in [0.1, 0.15) is 28.7 Å². The van der Waals surface area contributed by atoms with Crippen molar-refractivity contribution in [3.05, 3.63) is 98.8 Å². The third-order valence-electron chi connectivity index (χ3n) is 5.66. The van der Waals surface area contributed by atoms with E-state index in [4.69, 9.17) is 16.0 Å². The van der Waals surface area contributed by atoms with E-state index in [0.29, 0.717) is 52.8 Å². The van der Waals surface area contributed by atoms with E-state index in [1.54, 1.807) is 54.3 Å². The lowest BCUT2D eigenvalue weighted by Gasteiger charge is -2.19. The summed E-state index contributed by atoms with van der Waals surface area (Å²) < 4.78 is 7.64. The van der Waals surface area contributed by atoms with Crippen LogP contribution in [0, 0.1) is 0 Å². The molecule has 4 aromatic rings. The Morgan fingerprint density at radius 1 is 1.26 bits per heavy atom.